The van der Waals surface area contributed by atoms with Crippen LogP contribution in [0.25, 0.3) is 0 Å². The Morgan fingerprint density at radius 2 is 2.58 bits per heavy atom. The number of likely N-dealkylation sites (N-methyl/N-ethyl adjacent to an activating group) is 1. The lowest BCUT2D eigenvalue weighted by atomic mass is 10.5. The predicted octanol–water partition coefficient (Wildman–Crippen LogP) is 0.407. The van der Waals surface area contributed by atoms with Crippen LogP contribution in [-0.2, 0) is 9.53 Å². The molecule has 0 aromatic carbocycles. The number of carbonyl (C=O) groups excluding carboxylic acids is 1. The molecule has 1 saturated heterocycles. The molecule has 66 valence electrons. The van der Waals surface area contributed by atoms with Crippen LogP contribution >= 0.6 is 0 Å². The molecular formula is C8H12N2O2. The Labute approximate surface area is 71.5 Å². The molecule has 12 heavy (non-hydrogen) atoms. The predicted molar refractivity (Wildman–Crippen MR) is 45.8 cm³/mol. The van der Waals surface area contributed by atoms with Gasteiger partial charge in [-0.05, 0) is 6.92 Å². The van der Waals surface area contributed by atoms with Crippen molar-refractivity contribution < 1.29 is 9.53 Å². The number of amides is 1. The van der Waals surface area contributed by atoms with Crippen LogP contribution in [0.1, 0.15) is 6.92 Å². The monoisotopic (exact) mass is 168 g/mol. The van der Waals surface area contributed by atoms with E-state index >= 15 is 0 Å². The highest BCUT2D eigenvalue weighted by Crippen LogP contribution is 2.04. The van der Waals surface area contributed by atoms with Crippen molar-refractivity contribution in [1.29, 1.82) is 0 Å². The van der Waals surface area contributed by atoms with Gasteiger partial charge >= 0.3 is 0 Å². The Kier molecular flexibility index (Phi) is 2.85. The topological polar surface area (TPSA) is 41.9 Å². The quantitative estimate of drug-likeness (QED) is 0.573. The summed E-state index contributed by atoms with van der Waals surface area (Å²) < 4.78 is 5.05. The fourth-order valence-electron chi connectivity index (χ4n) is 0.974. The number of rotatable bonds is 3. The Bertz CT molecular complexity index is 223. The van der Waals surface area contributed by atoms with Gasteiger partial charge in [-0.1, -0.05) is 6.08 Å². The molecule has 1 heterocycles. The zero-order valence-corrected chi connectivity index (χ0v) is 7.12. The first-order chi connectivity index (χ1) is 5.79. The number of hydrogen-bond donors (Lipinski definition) is 0. The molecular weight excluding hydrogens is 156 g/mol. The zero-order chi connectivity index (χ0) is 8.97. The third kappa shape index (κ3) is 1.64. The number of amidine groups is 1. The minimum atomic E-state index is -0.0275. The van der Waals surface area contributed by atoms with E-state index < -0.39 is 0 Å². The summed E-state index contributed by atoms with van der Waals surface area (Å²) in [7, 11) is 0. The zero-order valence-electron chi connectivity index (χ0n) is 7.12. The molecule has 1 amide bonds. The van der Waals surface area contributed by atoms with E-state index in [1.807, 2.05) is 6.92 Å². The highest BCUT2D eigenvalue weighted by atomic mass is 16.5. The van der Waals surface area contributed by atoms with Crippen molar-refractivity contribution in [3.8, 4) is 0 Å². The third-order valence-corrected chi connectivity index (χ3v) is 1.53. The average molecular weight is 168 g/mol. The summed E-state index contributed by atoms with van der Waals surface area (Å²) in [6, 6.07) is 0.419. The molecule has 0 aromatic rings. The van der Waals surface area contributed by atoms with E-state index in [0.717, 1.165) is 0 Å². The van der Waals surface area contributed by atoms with Crippen molar-refractivity contribution in [1.82, 2.24) is 4.90 Å². The molecule has 0 saturated carbocycles. The number of nitrogens with zero attached hydrogens (tertiary/aromatic N) is 2. The summed E-state index contributed by atoms with van der Waals surface area (Å²) in [5, 5.41) is 0. The van der Waals surface area contributed by atoms with E-state index in [0.29, 0.717) is 19.1 Å². The minimum absolute atomic E-state index is 0.0275. The second-order valence-electron chi connectivity index (χ2n) is 2.34. The summed E-state index contributed by atoms with van der Waals surface area (Å²) >= 11 is 0. The first kappa shape index (κ1) is 8.77. The Morgan fingerprint density at radius 3 is 3.17 bits per heavy atom. The van der Waals surface area contributed by atoms with Crippen LogP contribution in [0.3, 0.4) is 0 Å². The van der Waals surface area contributed by atoms with Crippen LogP contribution in [0.2, 0.25) is 0 Å². The largest absolute Gasteiger partial charge is 0.455 e. The maximum absolute atomic E-state index is 11.1. The molecule has 4 heteroatoms. The van der Waals surface area contributed by atoms with Gasteiger partial charge < -0.3 is 4.74 Å². The lowest BCUT2D eigenvalue weighted by molar-refractivity contribution is -0.125. The third-order valence-electron chi connectivity index (χ3n) is 1.53. The van der Waals surface area contributed by atoms with Gasteiger partial charge in [0.2, 0.25) is 0 Å². The molecule has 0 spiro atoms. The summed E-state index contributed by atoms with van der Waals surface area (Å²) in [6.07, 6.45) is 1.66. The Hall–Kier alpha value is -1.32. The second-order valence-corrected chi connectivity index (χ2v) is 2.34. The average Bonchev–Trinajstić information content (AvgIpc) is 2.43. The minimum Gasteiger partial charge on any atom is -0.455 e. The van der Waals surface area contributed by atoms with Crippen molar-refractivity contribution in [3.63, 3.8) is 0 Å². The van der Waals surface area contributed by atoms with E-state index in [1.54, 1.807) is 6.08 Å². The van der Waals surface area contributed by atoms with Crippen molar-refractivity contribution in [3.05, 3.63) is 12.7 Å². The van der Waals surface area contributed by atoms with Crippen molar-refractivity contribution in [2.45, 2.75) is 6.92 Å². The molecule has 1 aliphatic heterocycles. The van der Waals surface area contributed by atoms with Crippen LogP contribution in [0.15, 0.2) is 17.6 Å². The molecule has 1 rings (SSSR count). The van der Waals surface area contributed by atoms with Crippen LogP contribution in [0.5, 0.6) is 0 Å². The maximum atomic E-state index is 11.1. The molecule has 1 fully saturated rings. The summed E-state index contributed by atoms with van der Waals surface area (Å²) in [5.74, 6) is -0.0275. The lowest BCUT2D eigenvalue weighted by Crippen LogP contribution is -2.29. The molecule has 0 aromatic heterocycles. The lowest BCUT2D eigenvalue weighted by Gasteiger charge is -2.09. The van der Waals surface area contributed by atoms with Crippen molar-refractivity contribution >= 4 is 11.9 Å². The SMILES string of the molecule is C=CCN=C1OCC(=O)N1CC. The molecule has 4 nitrogen and oxygen atoms in total. The number of aliphatic imine (C=N–C) groups is 1. The van der Waals surface area contributed by atoms with E-state index in [-0.39, 0.29) is 12.5 Å². The van der Waals surface area contributed by atoms with Crippen molar-refractivity contribution in [2.75, 3.05) is 19.7 Å². The molecule has 0 aliphatic carbocycles. The van der Waals surface area contributed by atoms with Gasteiger partial charge in [-0.3, -0.25) is 9.69 Å². The van der Waals surface area contributed by atoms with E-state index in [2.05, 4.69) is 11.6 Å². The van der Waals surface area contributed by atoms with Gasteiger partial charge in [-0.15, -0.1) is 6.58 Å². The Morgan fingerprint density at radius 1 is 1.83 bits per heavy atom. The first-order valence-corrected chi connectivity index (χ1v) is 3.88. The first-order valence-electron chi connectivity index (χ1n) is 3.88. The van der Waals surface area contributed by atoms with Crippen LogP contribution in [-0.4, -0.2) is 36.5 Å². The van der Waals surface area contributed by atoms with Gasteiger partial charge in [0.25, 0.3) is 11.9 Å². The molecule has 0 radical (unpaired) electrons. The molecule has 0 bridgehead atoms. The van der Waals surface area contributed by atoms with E-state index in [9.17, 15) is 4.79 Å². The fourth-order valence-corrected chi connectivity index (χ4v) is 0.974. The molecule has 1 aliphatic rings. The van der Waals surface area contributed by atoms with Gasteiger partial charge in [0.15, 0.2) is 6.61 Å². The number of carbonyl (C=O) groups is 1. The van der Waals surface area contributed by atoms with Gasteiger partial charge in [0, 0.05) is 6.54 Å². The highest BCUT2D eigenvalue weighted by molar-refractivity contribution is 6.00. The second kappa shape index (κ2) is 3.90. The highest BCUT2D eigenvalue weighted by Gasteiger charge is 2.26. The summed E-state index contributed by atoms with van der Waals surface area (Å²) in [5.41, 5.74) is 0. The normalized spacial score (nSPS) is 19.9. The standard InChI is InChI=1S/C8H12N2O2/c1-3-5-9-8-10(4-2)7(11)6-12-8/h3H,1,4-6H2,2H3. The number of ether oxygens (including phenoxy) is 1. The van der Waals surface area contributed by atoms with Gasteiger partial charge in [0.05, 0.1) is 6.54 Å². The summed E-state index contributed by atoms with van der Waals surface area (Å²) in [6.45, 7) is 6.62. The van der Waals surface area contributed by atoms with E-state index in [4.69, 9.17) is 4.74 Å². The smallest absolute Gasteiger partial charge is 0.295 e. The van der Waals surface area contributed by atoms with Gasteiger partial charge in [-0.2, -0.15) is 0 Å². The van der Waals surface area contributed by atoms with Crippen molar-refractivity contribution in [2.24, 2.45) is 4.99 Å². The number of hydrogen-bond acceptors (Lipinski definition) is 3. The van der Waals surface area contributed by atoms with Gasteiger partial charge in [0.1, 0.15) is 0 Å². The van der Waals surface area contributed by atoms with Crippen LogP contribution < -0.4 is 0 Å². The molecule has 0 atom stereocenters. The van der Waals surface area contributed by atoms with Gasteiger partial charge in [-0.25, -0.2) is 4.99 Å². The molecule has 0 unspecified atom stereocenters. The van der Waals surface area contributed by atoms with Crippen LogP contribution in [0.4, 0.5) is 0 Å². The maximum Gasteiger partial charge on any atom is 0.295 e. The Balaban J connectivity index is 2.65. The molecule has 0 N–H and O–H groups in total. The fraction of sp³-hybridized carbons (Fsp3) is 0.500. The van der Waals surface area contributed by atoms with E-state index in [1.165, 1.54) is 4.90 Å². The van der Waals surface area contributed by atoms with Crippen LogP contribution in [0, 0.1) is 0 Å². The summed E-state index contributed by atoms with van der Waals surface area (Å²) in [4.78, 5) is 16.6.